The smallest absolute Gasteiger partial charge is 0.224 e. The first-order valence-corrected chi connectivity index (χ1v) is 6.34. The van der Waals surface area contributed by atoms with Crippen LogP contribution >= 0.6 is 0 Å². The van der Waals surface area contributed by atoms with Gasteiger partial charge in [0.25, 0.3) is 0 Å². The molecule has 1 heterocycles. The molecular formula is C13H24N4O. The molecule has 0 saturated carbocycles. The zero-order valence-electron chi connectivity index (χ0n) is 11.9. The standard InChI is InChI=1S/C13H24N4O/c1-6-8-14-11-15-9-7-10(16-11)17-12(2,3)13(4,5)18/h7,9,18H,6,8H2,1-5H3,(H2,14,15,16,17). The Bertz CT molecular complexity index is 385. The molecule has 0 aromatic carbocycles. The number of hydrogen-bond donors (Lipinski definition) is 3. The molecule has 18 heavy (non-hydrogen) atoms. The number of hydrogen-bond acceptors (Lipinski definition) is 5. The van der Waals surface area contributed by atoms with Crippen LogP contribution in [0.25, 0.3) is 0 Å². The molecule has 3 N–H and O–H groups in total. The number of anilines is 2. The van der Waals surface area contributed by atoms with Crippen LogP contribution in [-0.4, -0.2) is 32.8 Å². The largest absolute Gasteiger partial charge is 0.388 e. The van der Waals surface area contributed by atoms with Gasteiger partial charge in [-0.2, -0.15) is 4.98 Å². The van der Waals surface area contributed by atoms with Crippen LogP contribution in [0.3, 0.4) is 0 Å². The highest BCUT2D eigenvalue weighted by Crippen LogP contribution is 2.25. The Kier molecular flexibility index (Phi) is 4.51. The summed E-state index contributed by atoms with van der Waals surface area (Å²) in [6.45, 7) is 10.4. The van der Waals surface area contributed by atoms with Gasteiger partial charge in [-0.15, -0.1) is 0 Å². The summed E-state index contributed by atoms with van der Waals surface area (Å²) in [6, 6.07) is 1.80. The van der Waals surface area contributed by atoms with E-state index in [1.54, 1.807) is 26.1 Å². The van der Waals surface area contributed by atoms with E-state index in [9.17, 15) is 5.11 Å². The highest BCUT2D eigenvalue weighted by molar-refractivity contribution is 5.42. The summed E-state index contributed by atoms with van der Waals surface area (Å²) >= 11 is 0. The van der Waals surface area contributed by atoms with Gasteiger partial charge in [0.2, 0.25) is 5.95 Å². The summed E-state index contributed by atoms with van der Waals surface area (Å²) in [6.07, 6.45) is 2.73. The monoisotopic (exact) mass is 252 g/mol. The van der Waals surface area contributed by atoms with Crippen LogP contribution in [0.2, 0.25) is 0 Å². The van der Waals surface area contributed by atoms with Crippen molar-refractivity contribution in [3.63, 3.8) is 0 Å². The molecule has 0 aliphatic rings. The number of aromatic nitrogens is 2. The number of rotatable bonds is 6. The second-order valence-electron chi connectivity index (χ2n) is 5.50. The molecule has 0 aliphatic heterocycles. The Morgan fingerprint density at radius 1 is 1.28 bits per heavy atom. The van der Waals surface area contributed by atoms with Crippen LogP contribution < -0.4 is 10.6 Å². The summed E-state index contributed by atoms with van der Waals surface area (Å²) in [5, 5.41) is 16.5. The minimum absolute atomic E-state index is 0.483. The summed E-state index contributed by atoms with van der Waals surface area (Å²) < 4.78 is 0. The fourth-order valence-electron chi connectivity index (χ4n) is 1.22. The maximum absolute atomic E-state index is 10.1. The van der Waals surface area contributed by atoms with Crippen LogP contribution in [0.15, 0.2) is 12.3 Å². The van der Waals surface area contributed by atoms with E-state index in [2.05, 4.69) is 27.5 Å². The van der Waals surface area contributed by atoms with Crippen molar-refractivity contribution in [1.29, 1.82) is 0 Å². The quantitative estimate of drug-likeness (QED) is 0.724. The SMILES string of the molecule is CCCNc1nccc(NC(C)(C)C(C)(C)O)n1. The fraction of sp³-hybridized carbons (Fsp3) is 0.692. The summed E-state index contributed by atoms with van der Waals surface area (Å²) in [7, 11) is 0. The van der Waals surface area contributed by atoms with Crippen LogP contribution in [0.1, 0.15) is 41.0 Å². The maximum atomic E-state index is 10.1. The topological polar surface area (TPSA) is 70.1 Å². The van der Waals surface area contributed by atoms with Crippen molar-refractivity contribution in [2.45, 2.75) is 52.2 Å². The van der Waals surface area contributed by atoms with E-state index >= 15 is 0 Å². The average Bonchev–Trinajstić information content (AvgIpc) is 2.24. The summed E-state index contributed by atoms with van der Waals surface area (Å²) in [5.74, 6) is 1.31. The summed E-state index contributed by atoms with van der Waals surface area (Å²) in [4.78, 5) is 8.51. The molecule has 0 aliphatic carbocycles. The lowest BCUT2D eigenvalue weighted by Crippen LogP contribution is -2.51. The molecule has 0 atom stereocenters. The Hall–Kier alpha value is -1.36. The molecule has 0 unspecified atom stereocenters. The minimum atomic E-state index is -0.852. The van der Waals surface area contributed by atoms with Crippen molar-refractivity contribution >= 4 is 11.8 Å². The molecule has 1 aromatic rings. The van der Waals surface area contributed by atoms with Crippen LogP contribution in [0.4, 0.5) is 11.8 Å². The third kappa shape index (κ3) is 3.84. The third-order valence-electron chi connectivity index (χ3n) is 3.16. The van der Waals surface area contributed by atoms with E-state index in [0.717, 1.165) is 13.0 Å². The highest BCUT2D eigenvalue weighted by atomic mass is 16.3. The fourth-order valence-corrected chi connectivity index (χ4v) is 1.22. The van der Waals surface area contributed by atoms with Crippen molar-refractivity contribution in [2.75, 3.05) is 17.2 Å². The molecule has 1 aromatic heterocycles. The second kappa shape index (κ2) is 5.52. The van der Waals surface area contributed by atoms with Gasteiger partial charge < -0.3 is 15.7 Å². The van der Waals surface area contributed by atoms with E-state index in [-0.39, 0.29) is 0 Å². The van der Waals surface area contributed by atoms with Crippen molar-refractivity contribution in [1.82, 2.24) is 9.97 Å². The summed E-state index contributed by atoms with van der Waals surface area (Å²) in [5.41, 5.74) is -1.33. The van der Waals surface area contributed by atoms with Gasteiger partial charge in [0, 0.05) is 12.7 Å². The van der Waals surface area contributed by atoms with Gasteiger partial charge in [0.15, 0.2) is 0 Å². The van der Waals surface area contributed by atoms with Crippen LogP contribution in [-0.2, 0) is 0 Å². The minimum Gasteiger partial charge on any atom is -0.388 e. The van der Waals surface area contributed by atoms with Gasteiger partial charge in [-0.25, -0.2) is 4.98 Å². The molecule has 1 rings (SSSR count). The molecule has 5 nitrogen and oxygen atoms in total. The van der Waals surface area contributed by atoms with E-state index in [0.29, 0.717) is 11.8 Å². The first-order valence-electron chi connectivity index (χ1n) is 6.34. The van der Waals surface area contributed by atoms with Crippen molar-refractivity contribution < 1.29 is 5.11 Å². The normalized spacial score (nSPS) is 12.3. The van der Waals surface area contributed by atoms with E-state index in [1.165, 1.54) is 0 Å². The Labute approximate surface area is 109 Å². The predicted molar refractivity (Wildman–Crippen MR) is 74.8 cm³/mol. The first-order chi connectivity index (χ1) is 8.26. The Morgan fingerprint density at radius 2 is 1.94 bits per heavy atom. The molecular weight excluding hydrogens is 228 g/mol. The molecule has 0 amide bonds. The molecule has 5 heteroatoms. The molecule has 0 bridgehead atoms. The van der Waals surface area contributed by atoms with Crippen molar-refractivity contribution in [3.05, 3.63) is 12.3 Å². The van der Waals surface area contributed by atoms with Crippen LogP contribution in [0.5, 0.6) is 0 Å². The number of nitrogens with zero attached hydrogens (tertiary/aromatic N) is 2. The zero-order valence-corrected chi connectivity index (χ0v) is 11.9. The van der Waals surface area contributed by atoms with E-state index in [1.807, 2.05) is 13.8 Å². The van der Waals surface area contributed by atoms with Crippen molar-refractivity contribution in [2.24, 2.45) is 0 Å². The van der Waals surface area contributed by atoms with Gasteiger partial charge >= 0.3 is 0 Å². The third-order valence-corrected chi connectivity index (χ3v) is 3.16. The second-order valence-corrected chi connectivity index (χ2v) is 5.50. The van der Waals surface area contributed by atoms with E-state index < -0.39 is 11.1 Å². The molecule has 0 fully saturated rings. The number of nitrogens with one attached hydrogen (secondary N) is 2. The van der Waals surface area contributed by atoms with Gasteiger partial charge in [0.05, 0.1) is 11.1 Å². The first kappa shape index (κ1) is 14.7. The van der Waals surface area contributed by atoms with Crippen molar-refractivity contribution in [3.8, 4) is 0 Å². The highest BCUT2D eigenvalue weighted by Gasteiger charge is 2.35. The number of aliphatic hydroxyl groups is 1. The van der Waals surface area contributed by atoms with E-state index in [4.69, 9.17) is 0 Å². The lowest BCUT2D eigenvalue weighted by molar-refractivity contribution is 0.0239. The van der Waals surface area contributed by atoms with Gasteiger partial charge in [0.1, 0.15) is 5.82 Å². The van der Waals surface area contributed by atoms with Gasteiger partial charge in [-0.05, 0) is 40.2 Å². The average molecular weight is 252 g/mol. The van der Waals surface area contributed by atoms with Gasteiger partial charge in [-0.1, -0.05) is 6.92 Å². The molecule has 102 valence electrons. The Balaban J connectivity index is 2.79. The Morgan fingerprint density at radius 3 is 2.50 bits per heavy atom. The zero-order chi connectivity index (χ0) is 13.8. The molecule has 0 radical (unpaired) electrons. The predicted octanol–water partition coefficient (Wildman–Crippen LogP) is 2.26. The van der Waals surface area contributed by atoms with Crippen LogP contribution in [0, 0.1) is 0 Å². The molecule has 0 saturated heterocycles. The maximum Gasteiger partial charge on any atom is 0.224 e. The lowest BCUT2D eigenvalue weighted by Gasteiger charge is -2.38. The molecule has 0 spiro atoms. The lowest BCUT2D eigenvalue weighted by atomic mass is 9.86. The van der Waals surface area contributed by atoms with Gasteiger partial charge in [-0.3, -0.25) is 0 Å².